The molecule has 2 saturated heterocycles. The number of amides is 1. The Morgan fingerprint density at radius 1 is 1.21 bits per heavy atom. The molecule has 0 bridgehead atoms. The number of nitrogens with zero attached hydrogens (tertiary/aromatic N) is 4. The number of rotatable bonds is 4. The SMILES string of the molecule is CNc1nc([C@H]2CCN(C(=O)C3(c4cccc(C)c4)CCOCC3)C2)nc2c1CCN(C)C2. The molecule has 176 valence electrons. The predicted molar refractivity (Wildman–Crippen MR) is 128 cm³/mol. The normalized spacial score (nSPS) is 22.8. The number of hydrogen-bond acceptors (Lipinski definition) is 6. The molecule has 1 aromatic carbocycles. The Hall–Kier alpha value is -2.51. The molecule has 7 heteroatoms. The Labute approximate surface area is 196 Å². The summed E-state index contributed by atoms with van der Waals surface area (Å²) in [6.07, 6.45) is 3.35. The summed E-state index contributed by atoms with van der Waals surface area (Å²) in [5.74, 6) is 2.24. The van der Waals surface area contributed by atoms with Crippen LogP contribution in [0.5, 0.6) is 0 Å². The maximum absolute atomic E-state index is 14.0. The van der Waals surface area contributed by atoms with Gasteiger partial charge in [-0.25, -0.2) is 9.97 Å². The van der Waals surface area contributed by atoms with Crippen LogP contribution in [0.4, 0.5) is 5.82 Å². The van der Waals surface area contributed by atoms with Gasteiger partial charge in [0, 0.05) is 57.9 Å². The third kappa shape index (κ3) is 4.13. The number of carbonyl (C=O) groups is 1. The van der Waals surface area contributed by atoms with Gasteiger partial charge in [-0.1, -0.05) is 29.8 Å². The lowest BCUT2D eigenvalue weighted by Crippen LogP contribution is -2.49. The average Bonchev–Trinajstić information content (AvgIpc) is 3.33. The van der Waals surface area contributed by atoms with Gasteiger partial charge in [-0.15, -0.1) is 0 Å². The molecular formula is C26H35N5O2. The van der Waals surface area contributed by atoms with Crippen LogP contribution in [0.2, 0.25) is 0 Å². The smallest absolute Gasteiger partial charge is 0.233 e. The number of aryl methyl sites for hydroxylation is 1. The van der Waals surface area contributed by atoms with E-state index >= 15 is 0 Å². The van der Waals surface area contributed by atoms with Crippen molar-refractivity contribution < 1.29 is 9.53 Å². The number of aromatic nitrogens is 2. The summed E-state index contributed by atoms with van der Waals surface area (Å²) < 4.78 is 5.67. The van der Waals surface area contributed by atoms with Gasteiger partial charge < -0.3 is 19.9 Å². The first kappa shape index (κ1) is 22.3. The number of nitrogens with one attached hydrogen (secondary N) is 1. The topological polar surface area (TPSA) is 70.6 Å². The maximum Gasteiger partial charge on any atom is 0.233 e. The van der Waals surface area contributed by atoms with Crippen LogP contribution in [0.3, 0.4) is 0 Å². The van der Waals surface area contributed by atoms with E-state index in [1.807, 2.05) is 7.05 Å². The molecule has 0 radical (unpaired) electrons. The summed E-state index contributed by atoms with van der Waals surface area (Å²) in [7, 11) is 4.07. The first-order chi connectivity index (χ1) is 16.0. The van der Waals surface area contributed by atoms with Gasteiger partial charge in [0.2, 0.25) is 5.91 Å². The molecule has 3 aliphatic heterocycles. The molecule has 0 spiro atoms. The molecule has 1 amide bonds. The van der Waals surface area contributed by atoms with Crippen molar-refractivity contribution in [2.75, 3.05) is 52.3 Å². The van der Waals surface area contributed by atoms with Crippen molar-refractivity contribution in [3.05, 3.63) is 52.5 Å². The van der Waals surface area contributed by atoms with Crippen molar-refractivity contribution in [3.63, 3.8) is 0 Å². The van der Waals surface area contributed by atoms with Crippen LogP contribution in [0, 0.1) is 6.92 Å². The monoisotopic (exact) mass is 449 g/mol. The second-order valence-corrected chi connectivity index (χ2v) is 9.89. The number of fused-ring (bicyclic) bond motifs is 1. The minimum absolute atomic E-state index is 0.174. The Kier molecular flexibility index (Phi) is 6.10. The number of benzene rings is 1. The number of carbonyl (C=O) groups excluding carboxylic acids is 1. The van der Waals surface area contributed by atoms with Gasteiger partial charge in [-0.2, -0.15) is 0 Å². The van der Waals surface area contributed by atoms with Crippen molar-refractivity contribution in [1.82, 2.24) is 19.8 Å². The Bertz CT molecular complexity index is 1030. The Morgan fingerprint density at radius 2 is 2.03 bits per heavy atom. The van der Waals surface area contributed by atoms with Gasteiger partial charge in [0.1, 0.15) is 11.6 Å². The standard InChI is InChI=1S/C26H35N5O2/c1-18-5-4-6-20(15-18)26(9-13-33-14-10-26)25(32)31-12-7-19(16-31)23-28-22-17-30(3)11-8-21(22)24(27-2)29-23/h4-6,15,19H,7-14,16-17H2,1-3H3,(H,27,28,29)/t19-/m0/s1. The largest absolute Gasteiger partial charge is 0.381 e. The van der Waals surface area contributed by atoms with Gasteiger partial charge in [-0.05, 0) is 45.2 Å². The zero-order chi connectivity index (χ0) is 23.0. The quantitative estimate of drug-likeness (QED) is 0.774. The van der Waals surface area contributed by atoms with Crippen molar-refractivity contribution in [3.8, 4) is 0 Å². The molecule has 1 N–H and O–H groups in total. The fourth-order valence-corrected chi connectivity index (χ4v) is 5.72. The van der Waals surface area contributed by atoms with E-state index in [2.05, 4.69) is 53.4 Å². The summed E-state index contributed by atoms with van der Waals surface area (Å²) in [5, 5.41) is 3.29. The van der Waals surface area contributed by atoms with E-state index in [9.17, 15) is 4.79 Å². The van der Waals surface area contributed by atoms with Gasteiger partial charge in [-0.3, -0.25) is 4.79 Å². The van der Waals surface area contributed by atoms with E-state index in [0.29, 0.717) is 19.8 Å². The highest BCUT2D eigenvalue weighted by Crippen LogP contribution is 2.39. The second-order valence-electron chi connectivity index (χ2n) is 9.89. The van der Waals surface area contributed by atoms with Crippen LogP contribution < -0.4 is 5.32 Å². The van der Waals surface area contributed by atoms with Crippen LogP contribution in [-0.2, 0) is 27.9 Å². The van der Waals surface area contributed by atoms with Gasteiger partial charge in [0.25, 0.3) is 0 Å². The van der Waals surface area contributed by atoms with Gasteiger partial charge in [0.15, 0.2) is 0 Å². The zero-order valence-corrected chi connectivity index (χ0v) is 20.1. The highest BCUT2D eigenvalue weighted by atomic mass is 16.5. The Morgan fingerprint density at radius 3 is 2.79 bits per heavy atom. The number of likely N-dealkylation sites (tertiary alicyclic amines) is 1. The van der Waals surface area contributed by atoms with Crippen molar-refractivity contribution >= 4 is 11.7 Å². The molecular weight excluding hydrogens is 414 g/mol. The average molecular weight is 450 g/mol. The Balaban J connectivity index is 1.40. The fourth-order valence-electron chi connectivity index (χ4n) is 5.72. The van der Waals surface area contributed by atoms with Gasteiger partial charge in [0.05, 0.1) is 11.1 Å². The number of ether oxygens (including phenoxy) is 1. The predicted octanol–water partition coefficient (Wildman–Crippen LogP) is 2.88. The highest BCUT2D eigenvalue weighted by molar-refractivity contribution is 5.89. The molecule has 1 aromatic heterocycles. The number of likely N-dealkylation sites (N-methyl/N-ethyl adjacent to an activating group) is 1. The zero-order valence-electron chi connectivity index (χ0n) is 20.1. The highest BCUT2D eigenvalue weighted by Gasteiger charge is 2.46. The maximum atomic E-state index is 14.0. The summed E-state index contributed by atoms with van der Waals surface area (Å²) in [6, 6.07) is 8.46. The molecule has 2 fully saturated rings. The lowest BCUT2D eigenvalue weighted by Gasteiger charge is -2.39. The molecule has 5 rings (SSSR count). The van der Waals surface area contributed by atoms with Crippen LogP contribution in [0.15, 0.2) is 24.3 Å². The molecule has 33 heavy (non-hydrogen) atoms. The summed E-state index contributed by atoms with van der Waals surface area (Å²) in [6.45, 7) is 6.68. The second kappa shape index (κ2) is 9.03. The summed E-state index contributed by atoms with van der Waals surface area (Å²) in [4.78, 5) is 28.3. The van der Waals surface area contributed by atoms with E-state index in [0.717, 1.165) is 68.2 Å². The molecule has 7 nitrogen and oxygen atoms in total. The third-order valence-electron chi connectivity index (χ3n) is 7.68. The van der Waals surface area contributed by atoms with Gasteiger partial charge >= 0.3 is 0 Å². The number of hydrogen-bond donors (Lipinski definition) is 1. The molecule has 2 aromatic rings. The number of anilines is 1. The fraction of sp³-hybridized carbons (Fsp3) is 0.577. The molecule has 4 heterocycles. The van der Waals surface area contributed by atoms with Crippen molar-refractivity contribution in [2.24, 2.45) is 0 Å². The van der Waals surface area contributed by atoms with E-state index in [-0.39, 0.29) is 11.8 Å². The van der Waals surface area contributed by atoms with E-state index < -0.39 is 5.41 Å². The molecule has 3 aliphatic rings. The first-order valence-electron chi connectivity index (χ1n) is 12.2. The third-order valence-corrected chi connectivity index (χ3v) is 7.68. The van der Waals surface area contributed by atoms with Crippen LogP contribution in [-0.4, -0.2) is 72.6 Å². The van der Waals surface area contributed by atoms with E-state index in [1.54, 1.807) is 0 Å². The minimum atomic E-state index is -0.491. The molecule has 0 aliphatic carbocycles. The molecule has 0 unspecified atom stereocenters. The first-order valence-corrected chi connectivity index (χ1v) is 12.2. The lowest BCUT2D eigenvalue weighted by atomic mass is 9.72. The minimum Gasteiger partial charge on any atom is -0.381 e. The van der Waals surface area contributed by atoms with Crippen molar-refractivity contribution in [1.29, 1.82) is 0 Å². The molecule has 1 atom stereocenters. The van der Waals surface area contributed by atoms with Crippen LogP contribution in [0.25, 0.3) is 0 Å². The summed E-state index contributed by atoms with van der Waals surface area (Å²) in [5.41, 5.74) is 4.20. The summed E-state index contributed by atoms with van der Waals surface area (Å²) >= 11 is 0. The van der Waals surface area contributed by atoms with E-state index in [4.69, 9.17) is 14.7 Å². The van der Waals surface area contributed by atoms with Crippen LogP contribution in [0.1, 0.15) is 53.4 Å². The van der Waals surface area contributed by atoms with E-state index in [1.165, 1.54) is 11.1 Å². The lowest BCUT2D eigenvalue weighted by molar-refractivity contribution is -0.140. The molecule has 0 saturated carbocycles. The van der Waals surface area contributed by atoms with Crippen LogP contribution >= 0.6 is 0 Å². The van der Waals surface area contributed by atoms with Crippen molar-refractivity contribution in [2.45, 2.75) is 50.5 Å².